The molecule has 0 radical (unpaired) electrons. The number of hydrogen-bond donors (Lipinski definition) is 2. The van der Waals surface area contributed by atoms with Gasteiger partial charge in [-0.3, -0.25) is 4.79 Å². The summed E-state index contributed by atoms with van der Waals surface area (Å²) in [4.78, 5) is 24.4. The van der Waals surface area contributed by atoms with E-state index in [9.17, 15) is 9.59 Å². The number of amides is 1. The van der Waals surface area contributed by atoms with Gasteiger partial charge in [0.1, 0.15) is 5.60 Å². The maximum atomic E-state index is 12.0. The molecular formula is C13H24N2O4. The molecule has 1 rings (SSSR count). The standard InChI is InChI=1S/C13H24N2O4/c1-12(2,3)19-11(18)15-7-5-4-6-13(14,9-15)8-10(16)17/h4-9,14H2,1-3H3,(H,16,17). The summed E-state index contributed by atoms with van der Waals surface area (Å²) in [5.41, 5.74) is 4.70. The zero-order chi connectivity index (χ0) is 14.7. The third kappa shape index (κ3) is 5.46. The Morgan fingerprint density at radius 1 is 1.37 bits per heavy atom. The Balaban J connectivity index is 2.73. The molecule has 0 aromatic heterocycles. The maximum absolute atomic E-state index is 12.0. The first-order valence-corrected chi connectivity index (χ1v) is 6.60. The molecule has 1 unspecified atom stereocenters. The number of carbonyl (C=O) groups excluding carboxylic acids is 1. The van der Waals surface area contributed by atoms with Crippen LogP contribution in [0.15, 0.2) is 0 Å². The van der Waals surface area contributed by atoms with Crippen LogP contribution in [0.1, 0.15) is 46.5 Å². The van der Waals surface area contributed by atoms with Crippen molar-refractivity contribution in [2.45, 2.75) is 57.6 Å². The summed E-state index contributed by atoms with van der Waals surface area (Å²) in [6, 6.07) is 0. The largest absolute Gasteiger partial charge is 0.481 e. The number of ether oxygens (including phenoxy) is 1. The lowest BCUT2D eigenvalue weighted by molar-refractivity contribution is -0.138. The van der Waals surface area contributed by atoms with Crippen LogP contribution in [0.2, 0.25) is 0 Å². The van der Waals surface area contributed by atoms with Gasteiger partial charge in [-0.05, 0) is 40.0 Å². The van der Waals surface area contributed by atoms with Crippen molar-refractivity contribution in [1.82, 2.24) is 4.90 Å². The fraction of sp³-hybridized carbons (Fsp3) is 0.846. The second-order valence-electron chi connectivity index (χ2n) is 6.29. The molecule has 110 valence electrons. The van der Waals surface area contributed by atoms with Crippen LogP contribution in [-0.2, 0) is 9.53 Å². The van der Waals surface area contributed by atoms with E-state index in [1.165, 1.54) is 4.90 Å². The average Bonchev–Trinajstić information content (AvgIpc) is 2.36. The zero-order valence-corrected chi connectivity index (χ0v) is 11.9. The third-order valence-electron chi connectivity index (χ3n) is 3.01. The van der Waals surface area contributed by atoms with Gasteiger partial charge in [0.25, 0.3) is 0 Å². The van der Waals surface area contributed by atoms with Gasteiger partial charge in [0.15, 0.2) is 0 Å². The van der Waals surface area contributed by atoms with Gasteiger partial charge < -0.3 is 20.5 Å². The first-order chi connectivity index (χ1) is 8.61. The summed E-state index contributed by atoms with van der Waals surface area (Å²) in [5, 5.41) is 8.92. The van der Waals surface area contributed by atoms with Crippen LogP contribution in [0.3, 0.4) is 0 Å². The molecule has 6 heteroatoms. The van der Waals surface area contributed by atoms with Gasteiger partial charge in [0.2, 0.25) is 0 Å². The lowest BCUT2D eigenvalue weighted by Crippen LogP contribution is -2.52. The second-order valence-corrected chi connectivity index (χ2v) is 6.29. The molecule has 1 aliphatic heterocycles. The molecule has 0 aromatic rings. The van der Waals surface area contributed by atoms with Crippen LogP contribution in [0, 0.1) is 0 Å². The summed E-state index contributed by atoms with van der Waals surface area (Å²) in [6.07, 6.45) is 1.70. The number of hydrogen-bond acceptors (Lipinski definition) is 4. The molecule has 1 atom stereocenters. The minimum absolute atomic E-state index is 0.133. The van der Waals surface area contributed by atoms with E-state index in [0.29, 0.717) is 13.0 Å². The smallest absolute Gasteiger partial charge is 0.410 e. The van der Waals surface area contributed by atoms with Crippen molar-refractivity contribution < 1.29 is 19.4 Å². The molecule has 1 fully saturated rings. The lowest BCUT2D eigenvalue weighted by atomic mass is 9.91. The molecule has 6 nitrogen and oxygen atoms in total. The molecule has 19 heavy (non-hydrogen) atoms. The second kappa shape index (κ2) is 5.77. The highest BCUT2D eigenvalue weighted by atomic mass is 16.6. The number of nitrogens with zero attached hydrogens (tertiary/aromatic N) is 1. The molecule has 0 saturated carbocycles. The van der Waals surface area contributed by atoms with E-state index in [0.717, 1.165) is 12.8 Å². The van der Waals surface area contributed by atoms with Crippen LogP contribution in [0.5, 0.6) is 0 Å². The van der Waals surface area contributed by atoms with Crippen molar-refractivity contribution in [2.75, 3.05) is 13.1 Å². The van der Waals surface area contributed by atoms with Gasteiger partial charge in [-0.2, -0.15) is 0 Å². The van der Waals surface area contributed by atoms with E-state index in [2.05, 4.69) is 0 Å². The summed E-state index contributed by atoms with van der Waals surface area (Å²) < 4.78 is 5.32. The molecule has 3 N–H and O–H groups in total. The quantitative estimate of drug-likeness (QED) is 0.796. The fourth-order valence-electron chi connectivity index (χ4n) is 2.25. The van der Waals surface area contributed by atoms with E-state index in [1.807, 2.05) is 0 Å². The number of rotatable bonds is 2. The average molecular weight is 272 g/mol. The van der Waals surface area contributed by atoms with Crippen molar-refractivity contribution in [2.24, 2.45) is 5.73 Å². The van der Waals surface area contributed by atoms with Crippen molar-refractivity contribution in [3.8, 4) is 0 Å². The van der Waals surface area contributed by atoms with E-state index in [4.69, 9.17) is 15.6 Å². The highest BCUT2D eigenvalue weighted by molar-refractivity contribution is 5.70. The Labute approximate surface area is 113 Å². The topological polar surface area (TPSA) is 92.9 Å². The minimum atomic E-state index is -0.937. The summed E-state index contributed by atoms with van der Waals surface area (Å²) in [7, 11) is 0. The number of likely N-dealkylation sites (tertiary alicyclic amines) is 1. The first-order valence-electron chi connectivity index (χ1n) is 6.60. The molecule has 0 spiro atoms. The normalized spacial score (nSPS) is 24.7. The summed E-state index contributed by atoms with van der Waals surface area (Å²) in [5.74, 6) is -0.937. The Bertz CT molecular complexity index is 351. The van der Waals surface area contributed by atoms with E-state index in [-0.39, 0.29) is 13.0 Å². The predicted molar refractivity (Wildman–Crippen MR) is 70.8 cm³/mol. The van der Waals surface area contributed by atoms with Crippen molar-refractivity contribution in [3.05, 3.63) is 0 Å². The molecule has 0 aromatic carbocycles. The van der Waals surface area contributed by atoms with Crippen molar-refractivity contribution >= 4 is 12.1 Å². The minimum Gasteiger partial charge on any atom is -0.481 e. The van der Waals surface area contributed by atoms with Gasteiger partial charge in [-0.15, -0.1) is 0 Å². The molecular weight excluding hydrogens is 248 g/mol. The van der Waals surface area contributed by atoms with Crippen LogP contribution in [-0.4, -0.2) is 46.3 Å². The number of nitrogens with two attached hydrogens (primary N) is 1. The highest BCUT2D eigenvalue weighted by Crippen LogP contribution is 2.23. The van der Waals surface area contributed by atoms with Crippen molar-refractivity contribution in [3.63, 3.8) is 0 Å². The molecule has 0 aliphatic carbocycles. The van der Waals surface area contributed by atoms with E-state index in [1.54, 1.807) is 20.8 Å². The SMILES string of the molecule is CC(C)(C)OC(=O)N1CCCCC(N)(CC(=O)O)C1. The number of carboxylic acid groups (broad SMARTS) is 1. The Hall–Kier alpha value is -1.30. The predicted octanol–water partition coefficient (Wildman–Crippen LogP) is 1.58. The zero-order valence-electron chi connectivity index (χ0n) is 11.9. The maximum Gasteiger partial charge on any atom is 0.410 e. The third-order valence-corrected chi connectivity index (χ3v) is 3.01. The van der Waals surface area contributed by atoms with Crippen LogP contribution in [0.4, 0.5) is 4.79 Å². The highest BCUT2D eigenvalue weighted by Gasteiger charge is 2.35. The number of carbonyl (C=O) groups is 2. The summed E-state index contributed by atoms with van der Waals surface area (Å²) >= 11 is 0. The molecule has 1 aliphatic rings. The van der Waals surface area contributed by atoms with Crippen LogP contribution in [0.25, 0.3) is 0 Å². The van der Waals surface area contributed by atoms with Crippen molar-refractivity contribution in [1.29, 1.82) is 0 Å². The molecule has 1 heterocycles. The van der Waals surface area contributed by atoms with Crippen LogP contribution < -0.4 is 5.73 Å². The molecule has 1 saturated heterocycles. The number of carboxylic acids is 1. The van der Waals surface area contributed by atoms with Gasteiger partial charge >= 0.3 is 12.1 Å². The molecule has 1 amide bonds. The fourth-order valence-corrected chi connectivity index (χ4v) is 2.25. The van der Waals surface area contributed by atoms with Crippen LogP contribution >= 0.6 is 0 Å². The summed E-state index contributed by atoms with van der Waals surface area (Å²) in [6.45, 7) is 6.20. The van der Waals surface area contributed by atoms with Gasteiger partial charge in [-0.1, -0.05) is 0 Å². The first kappa shape index (κ1) is 15.8. The van der Waals surface area contributed by atoms with Gasteiger partial charge in [-0.25, -0.2) is 4.79 Å². The Kier molecular flexibility index (Phi) is 4.79. The monoisotopic (exact) mass is 272 g/mol. The van der Waals surface area contributed by atoms with E-state index < -0.39 is 23.2 Å². The van der Waals surface area contributed by atoms with Gasteiger partial charge in [0, 0.05) is 18.6 Å². The Morgan fingerprint density at radius 3 is 2.53 bits per heavy atom. The lowest BCUT2D eigenvalue weighted by Gasteiger charge is -2.33. The Morgan fingerprint density at radius 2 is 2.00 bits per heavy atom. The molecule has 0 bridgehead atoms. The van der Waals surface area contributed by atoms with E-state index >= 15 is 0 Å². The van der Waals surface area contributed by atoms with Gasteiger partial charge in [0.05, 0.1) is 6.42 Å². The number of aliphatic carboxylic acids is 1.